The second kappa shape index (κ2) is 13.2. The zero-order chi connectivity index (χ0) is 30.6. The number of hydrogen-bond acceptors (Lipinski definition) is 8. The number of benzene rings is 2. The van der Waals surface area contributed by atoms with Gasteiger partial charge in [0.25, 0.3) is 11.5 Å². The minimum absolute atomic E-state index is 0.0235. The van der Waals surface area contributed by atoms with Gasteiger partial charge in [0.1, 0.15) is 24.1 Å². The number of fused-ring (bicyclic) bond motifs is 1. The summed E-state index contributed by atoms with van der Waals surface area (Å²) in [5.74, 6) is 3.96. The van der Waals surface area contributed by atoms with Crippen LogP contribution in [0.1, 0.15) is 37.9 Å². The summed E-state index contributed by atoms with van der Waals surface area (Å²) in [6.45, 7) is 6.64. The van der Waals surface area contributed by atoms with Crippen LogP contribution in [-0.4, -0.2) is 56.4 Å². The van der Waals surface area contributed by atoms with E-state index in [9.17, 15) is 9.59 Å². The number of carbonyl (C=O) groups excluding carboxylic acids is 1. The van der Waals surface area contributed by atoms with Gasteiger partial charge >= 0.3 is 0 Å². The summed E-state index contributed by atoms with van der Waals surface area (Å²) in [6.07, 6.45) is 7.02. The van der Waals surface area contributed by atoms with Crippen molar-refractivity contribution >= 4 is 34.9 Å². The van der Waals surface area contributed by atoms with Crippen molar-refractivity contribution in [3.8, 4) is 35.3 Å². The molecule has 2 aromatic carbocycles. The van der Waals surface area contributed by atoms with E-state index in [2.05, 4.69) is 5.92 Å². The Morgan fingerprint density at radius 1 is 1.14 bits per heavy atom. The molecule has 42 heavy (non-hydrogen) atoms. The van der Waals surface area contributed by atoms with Crippen LogP contribution in [0.2, 0.25) is 5.02 Å². The number of likely N-dealkylation sites (N-methyl/N-ethyl adjacent to an activating group) is 1. The molecule has 1 aromatic heterocycles. The minimum atomic E-state index is -0.806. The van der Waals surface area contributed by atoms with Crippen LogP contribution >= 0.6 is 22.9 Å². The van der Waals surface area contributed by atoms with Gasteiger partial charge in [0.2, 0.25) is 0 Å². The number of aromatic nitrogens is 1. The maximum atomic E-state index is 14.1. The fraction of sp³-hybridized carbons (Fsp3) is 0.323. The Morgan fingerprint density at radius 2 is 1.86 bits per heavy atom. The second-order valence-electron chi connectivity index (χ2n) is 9.19. The summed E-state index contributed by atoms with van der Waals surface area (Å²) >= 11 is 7.69. The zero-order valence-corrected chi connectivity index (χ0v) is 25.9. The number of halogens is 1. The van der Waals surface area contributed by atoms with Crippen LogP contribution in [0, 0.1) is 12.3 Å². The van der Waals surface area contributed by atoms with Crippen molar-refractivity contribution in [1.82, 2.24) is 9.47 Å². The zero-order valence-electron chi connectivity index (χ0n) is 24.3. The molecule has 1 amide bonds. The second-order valence-corrected chi connectivity index (χ2v) is 10.6. The van der Waals surface area contributed by atoms with Gasteiger partial charge in [0.05, 0.1) is 42.2 Å². The highest BCUT2D eigenvalue weighted by Gasteiger charge is 2.36. The third kappa shape index (κ3) is 5.75. The lowest BCUT2D eigenvalue weighted by atomic mass is 9.93. The van der Waals surface area contributed by atoms with E-state index in [0.29, 0.717) is 67.8 Å². The molecule has 1 atom stereocenters. The molecule has 4 rings (SSSR count). The minimum Gasteiger partial charge on any atom is -0.497 e. The van der Waals surface area contributed by atoms with E-state index in [4.69, 9.17) is 42.0 Å². The molecular weight excluding hydrogens is 578 g/mol. The molecule has 0 radical (unpaired) electrons. The maximum absolute atomic E-state index is 14.1. The van der Waals surface area contributed by atoms with Crippen LogP contribution < -0.4 is 33.8 Å². The fourth-order valence-electron chi connectivity index (χ4n) is 4.85. The van der Waals surface area contributed by atoms with Gasteiger partial charge in [-0.1, -0.05) is 28.9 Å². The highest BCUT2D eigenvalue weighted by Crippen LogP contribution is 2.39. The van der Waals surface area contributed by atoms with Crippen molar-refractivity contribution in [3.63, 3.8) is 0 Å². The topological polar surface area (TPSA) is 91.6 Å². The molecule has 0 fully saturated rings. The quantitative estimate of drug-likeness (QED) is 0.325. The van der Waals surface area contributed by atoms with Gasteiger partial charge in [-0.2, -0.15) is 0 Å². The number of hydrogen-bond donors (Lipinski definition) is 0. The van der Waals surface area contributed by atoms with E-state index in [1.54, 1.807) is 67.0 Å². The van der Waals surface area contributed by atoms with Gasteiger partial charge in [-0.05, 0) is 62.7 Å². The lowest BCUT2D eigenvalue weighted by Crippen LogP contribution is -2.43. The first-order chi connectivity index (χ1) is 20.2. The summed E-state index contributed by atoms with van der Waals surface area (Å²) in [6, 6.07) is 7.88. The predicted molar refractivity (Wildman–Crippen MR) is 164 cm³/mol. The lowest BCUT2D eigenvalue weighted by Gasteiger charge is -2.30. The van der Waals surface area contributed by atoms with Crippen molar-refractivity contribution in [2.75, 3.05) is 41.0 Å². The number of nitrogens with zero attached hydrogens (tertiary/aromatic N) is 3. The molecule has 1 aliphatic heterocycles. The Morgan fingerprint density at radius 3 is 2.48 bits per heavy atom. The number of methoxy groups -OCH3 is 3. The smallest absolute Gasteiger partial charge is 0.271 e. The lowest BCUT2D eigenvalue weighted by molar-refractivity contribution is -0.127. The first kappa shape index (κ1) is 30.8. The predicted octanol–water partition coefficient (Wildman–Crippen LogP) is 3.79. The van der Waals surface area contributed by atoms with Crippen LogP contribution in [0.4, 0.5) is 0 Å². The number of ether oxygens (including phenoxy) is 4. The van der Waals surface area contributed by atoms with E-state index in [1.165, 1.54) is 18.4 Å². The van der Waals surface area contributed by atoms with Crippen LogP contribution in [-0.2, 0) is 4.79 Å². The van der Waals surface area contributed by atoms with Crippen molar-refractivity contribution in [2.24, 2.45) is 4.99 Å². The standard InChI is InChI=1S/C31H32ClN3O6S/c1-8-13-41-28-22(32)14-19(15-24(28)40-7)16-25-29(36)35-27(21-17-20(38-5)11-12-23(21)39-6)26(18(4)33-31(35)42-25)30(37)34(9-2)10-3/h1,11-12,14-17,27H,9-10,13H2,2-7H3/b25-16+/t27-/m1/s1. The van der Waals surface area contributed by atoms with E-state index < -0.39 is 6.04 Å². The molecule has 220 valence electrons. The summed E-state index contributed by atoms with van der Waals surface area (Å²) < 4.78 is 24.1. The van der Waals surface area contributed by atoms with Gasteiger partial charge in [0, 0.05) is 18.7 Å². The Bertz CT molecular complexity index is 1760. The first-order valence-corrected chi connectivity index (χ1v) is 14.4. The van der Waals surface area contributed by atoms with Crippen LogP contribution in [0.25, 0.3) is 6.08 Å². The molecule has 9 nitrogen and oxygen atoms in total. The molecule has 1 aliphatic rings. The molecule has 0 N–H and O–H groups in total. The van der Waals surface area contributed by atoms with Crippen molar-refractivity contribution in [3.05, 3.63) is 77.4 Å². The summed E-state index contributed by atoms with van der Waals surface area (Å²) in [5, 5.41) is 0.283. The number of allylic oxidation sites excluding steroid dienone is 1. The number of amides is 1. The molecule has 0 bridgehead atoms. The molecule has 0 saturated carbocycles. The van der Waals surface area contributed by atoms with Gasteiger partial charge in [-0.15, -0.1) is 6.42 Å². The van der Waals surface area contributed by atoms with E-state index in [-0.39, 0.29) is 23.1 Å². The summed E-state index contributed by atoms with van der Waals surface area (Å²) in [7, 11) is 4.60. The van der Waals surface area contributed by atoms with Crippen LogP contribution in [0.5, 0.6) is 23.0 Å². The highest BCUT2D eigenvalue weighted by atomic mass is 35.5. The molecule has 3 aromatic rings. The Labute approximate surface area is 253 Å². The number of terminal acetylenes is 1. The molecule has 0 aliphatic carbocycles. The van der Waals surface area contributed by atoms with Gasteiger partial charge in [-0.3, -0.25) is 14.2 Å². The van der Waals surface area contributed by atoms with Crippen molar-refractivity contribution in [1.29, 1.82) is 0 Å². The molecule has 0 saturated heterocycles. The number of carbonyl (C=O) groups is 1. The maximum Gasteiger partial charge on any atom is 0.271 e. The monoisotopic (exact) mass is 609 g/mol. The molecule has 0 spiro atoms. The molecular formula is C31H32ClN3O6S. The average molecular weight is 610 g/mol. The van der Waals surface area contributed by atoms with E-state index in [0.717, 1.165) is 0 Å². The molecule has 0 unspecified atom stereocenters. The Kier molecular flexibility index (Phi) is 9.66. The largest absolute Gasteiger partial charge is 0.497 e. The van der Waals surface area contributed by atoms with Gasteiger partial charge in [-0.25, -0.2) is 4.99 Å². The van der Waals surface area contributed by atoms with Crippen LogP contribution in [0.3, 0.4) is 0 Å². The normalized spacial score (nSPS) is 14.5. The highest BCUT2D eigenvalue weighted by molar-refractivity contribution is 7.07. The number of thiazole rings is 1. The molecule has 2 heterocycles. The first-order valence-electron chi connectivity index (χ1n) is 13.2. The van der Waals surface area contributed by atoms with Crippen LogP contribution in [0.15, 0.2) is 51.4 Å². The molecule has 11 heteroatoms. The SMILES string of the molecule is C#CCOc1c(Cl)cc(/C=c2/sc3n(c2=O)[C@H](c2cc(OC)ccc2OC)C(C(=O)N(CC)CC)=C(C)N=3)cc1OC. The Hall–Kier alpha value is -4.20. The van der Waals surface area contributed by atoms with E-state index in [1.807, 2.05) is 13.8 Å². The summed E-state index contributed by atoms with van der Waals surface area (Å²) in [4.78, 5) is 34.9. The summed E-state index contributed by atoms with van der Waals surface area (Å²) in [5.41, 5.74) is 1.81. The van der Waals surface area contributed by atoms with Crippen molar-refractivity contribution in [2.45, 2.75) is 26.8 Å². The average Bonchev–Trinajstić information content (AvgIpc) is 3.29. The van der Waals surface area contributed by atoms with Gasteiger partial charge in [0.15, 0.2) is 16.3 Å². The fourth-order valence-corrected chi connectivity index (χ4v) is 6.17. The van der Waals surface area contributed by atoms with Crippen molar-refractivity contribution < 1.29 is 23.7 Å². The third-order valence-corrected chi connectivity index (χ3v) is 8.15. The van der Waals surface area contributed by atoms with Gasteiger partial charge < -0.3 is 23.8 Å². The number of rotatable bonds is 10. The third-order valence-electron chi connectivity index (χ3n) is 6.88. The van der Waals surface area contributed by atoms with E-state index >= 15 is 0 Å². The Balaban J connectivity index is 1.98.